The molecule has 0 bridgehead atoms. The molecule has 0 aliphatic carbocycles. The van der Waals surface area contributed by atoms with Gasteiger partial charge in [0, 0.05) is 32.7 Å². The van der Waals surface area contributed by atoms with Crippen LogP contribution in [0.4, 0.5) is 0 Å². The number of hydrogen-bond donors (Lipinski definition) is 0. The Labute approximate surface area is 91.7 Å². The maximum atomic E-state index is 10.2. The normalized spacial score (nSPS) is 34.5. The Morgan fingerprint density at radius 3 is 2.09 bits per heavy atom. The molecule has 1 radical (unpaired) electrons. The molecular weight excluding hydrogens is 221 g/mol. The van der Waals surface area contributed by atoms with Crippen molar-refractivity contribution in [3.8, 4) is 0 Å². The molecule has 61 valence electrons. The zero-order valence-corrected chi connectivity index (χ0v) is 9.80. The second kappa shape index (κ2) is 4.08. The number of ether oxygens (including phenoxy) is 2. The van der Waals surface area contributed by atoms with Gasteiger partial charge in [0.25, 0.3) is 0 Å². The molecule has 4 heteroatoms. The maximum absolute atomic E-state index is 10.2. The van der Waals surface area contributed by atoms with E-state index < -0.39 is 11.9 Å². The van der Waals surface area contributed by atoms with Crippen LogP contribution in [0.2, 0.25) is 0 Å². The summed E-state index contributed by atoms with van der Waals surface area (Å²) in [5.74, 6) is -0.624. The third-order valence-electron chi connectivity index (χ3n) is 1.42. The van der Waals surface area contributed by atoms with Crippen LogP contribution in [0.15, 0.2) is 0 Å². The molecule has 0 saturated carbocycles. The fourth-order valence-electron chi connectivity index (χ4n) is 1.06. The minimum atomic E-state index is -0.624. The molecule has 1 aliphatic heterocycles. The van der Waals surface area contributed by atoms with Crippen molar-refractivity contribution in [3.05, 3.63) is 0 Å². The van der Waals surface area contributed by atoms with E-state index >= 15 is 0 Å². The molecule has 11 heavy (non-hydrogen) atoms. The van der Waals surface area contributed by atoms with Gasteiger partial charge in [-0.25, -0.2) is 6.29 Å². The Morgan fingerprint density at radius 2 is 1.91 bits per heavy atom. The molecule has 0 amide bonds. The van der Waals surface area contributed by atoms with E-state index in [1.807, 2.05) is 0 Å². The van der Waals surface area contributed by atoms with E-state index in [9.17, 15) is 4.79 Å². The van der Waals surface area contributed by atoms with Gasteiger partial charge in [-0.05, 0) is 26.9 Å². The van der Waals surface area contributed by atoms with E-state index in [-0.39, 0.29) is 38.8 Å². The van der Waals surface area contributed by atoms with Crippen molar-refractivity contribution in [1.29, 1.82) is 0 Å². The minimum absolute atomic E-state index is 0. The molecule has 0 spiro atoms. The van der Waals surface area contributed by atoms with Crippen LogP contribution in [0, 0.1) is 0 Å². The first-order chi connectivity index (χ1) is 4.55. The van der Waals surface area contributed by atoms with Crippen molar-refractivity contribution in [2.45, 2.75) is 38.8 Å². The molecule has 0 N–H and O–H groups in total. The average Bonchev–Trinajstić information content (AvgIpc) is 2.05. The Morgan fingerprint density at radius 1 is 1.36 bits per heavy atom. The van der Waals surface area contributed by atoms with Crippen molar-refractivity contribution in [2.24, 2.45) is 0 Å². The fraction of sp³-hybridized carbons (Fsp3) is 0.857. The molecule has 3 nitrogen and oxygen atoms in total. The summed E-state index contributed by atoms with van der Waals surface area (Å²) in [7, 11) is 0. The van der Waals surface area contributed by atoms with Crippen molar-refractivity contribution in [3.63, 3.8) is 0 Å². The van der Waals surface area contributed by atoms with Crippen molar-refractivity contribution in [2.75, 3.05) is 0 Å². The number of hydrogen-bond acceptors (Lipinski definition) is 3. The van der Waals surface area contributed by atoms with Gasteiger partial charge in [0.2, 0.25) is 0 Å². The van der Waals surface area contributed by atoms with E-state index in [1.165, 1.54) is 0 Å². The van der Waals surface area contributed by atoms with Crippen molar-refractivity contribution < 1.29 is 47.0 Å². The Bertz CT molecular complexity index is 147. The van der Waals surface area contributed by atoms with Gasteiger partial charge in [-0.1, -0.05) is 0 Å². The van der Waals surface area contributed by atoms with Gasteiger partial charge in [0.15, 0.2) is 5.79 Å². The van der Waals surface area contributed by atoms with E-state index in [0.29, 0.717) is 0 Å². The van der Waals surface area contributed by atoms with Gasteiger partial charge in [0.05, 0.1) is 6.10 Å². The number of carbonyl (C=O) groups excluding carboxylic acids is 1. The number of rotatable bonds is 1. The zero-order chi connectivity index (χ0) is 7.78. The molecule has 1 rings (SSSR count). The van der Waals surface area contributed by atoms with Crippen LogP contribution in [0.5, 0.6) is 0 Å². The standard InChI is InChI=1S/C7H11O3.Y/c1-5-6(4-8)10-7(2,3)9-5;/h5-6H,1-3H3;/q-1;/t5-,6-;/m0./s1. The first-order valence-corrected chi connectivity index (χ1v) is 3.28. The zero-order valence-electron chi connectivity index (χ0n) is 6.96. The van der Waals surface area contributed by atoms with Crippen LogP contribution in [-0.2, 0) is 47.0 Å². The third kappa shape index (κ3) is 2.90. The molecular formula is C7H11O3Y-. The van der Waals surface area contributed by atoms with Crippen LogP contribution in [-0.4, -0.2) is 24.3 Å². The predicted molar refractivity (Wildman–Crippen MR) is 35.2 cm³/mol. The van der Waals surface area contributed by atoms with Gasteiger partial charge in [0.1, 0.15) is 0 Å². The van der Waals surface area contributed by atoms with Gasteiger partial charge in [-0.3, -0.25) is 0 Å². The molecule has 0 aromatic heterocycles. The van der Waals surface area contributed by atoms with Crippen molar-refractivity contribution in [1.82, 2.24) is 0 Å². The topological polar surface area (TPSA) is 35.5 Å². The Balaban J connectivity index is 0.000001000. The van der Waals surface area contributed by atoms with Crippen LogP contribution in [0.25, 0.3) is 0 Å². The molecule has 1 aliphatic rings. The van der Waals surface area contributed by atoms with Crippen molar-refractivity contribution >= 4 is 6.29 Å². The van der Waals surface area contributed by atoms with Gasteiger partial charge >= 0.3 is 0 Å². The average molecular weight is 232 g/mol. The summed E-state index contributed by atoms with van der Waals surface area (Å²) in [6, 6.07) is 0. The van der Waals surface area contributed by atoms with Crippen LogP contribution < -0.4 is 0 Å². The Kier molecular flexibility index (Phi) is 4.34. The summed E-state index contributed by atoms with van der Waals surface area (Å²) in [6.45, 7) is 5.35. The molecule has 0 aromatic carbocycles. The van der Waals surface area contributed by atoms with Gasteiger partial charge in [-0.15, -0.1) is 0 Å². The summed E-state index contributed by atoms with van der Waals surface area (Å²) in [6.07, 6.45) is 1.08. The van der Waals surface area contributed by atoms with E-state index in [2.05, 4.69) is 0 Å². The van der Waals surface area contributed by atoms with Crippen LogP contribution >= 0.6 is 0 Å². The summed E-state index contributed by atoms with van der Waals surface area (Å²) < 4.78 is 10.4. The molecule has 1 saturated heterocycles. The van der Waals surface area contributed by atoms with Gasteiger partial charge in [-0.2, -0.15) is 0 Å². The Hall–Kier alpha value is 0.694. The molecule has 1 heterocycles. The smallest absolute Gasteiger partial charge is 0.160 e. The van der Waals surface area contributed by atoms with E-state index in [0.717, 1.165) is 0 Å². The summed E-state index contributed by atoms with van der Waals surface area (Å²) in [4.78, 5) is 10.2. The van der Waals surface area contributed by atoms with Crippen LogP contribution in [0.1, 0.15) is 20.8 Å². The molecule has 0 unspecified atom stereocenters. The second-order valence-electron chi connectivity index (χ2n) is 2.88. The first-order valence-electron chi connectivity index (χ1n) is 3.28. The minimum Gasteiger partial charge on any atom is -0.539 e. The van der Waals surface area contributed by atoms with E-state index in [1.54, 1.807) is 27.1 Å². The molecule has 1 fully saturated rings. The largest absolute Gasteiger partial charge is 0.539 e. The predicted octanol–water partition coefficient (Wildman–Crippen LogP) is 0.634. The monoisotopic (exact) mass is 232 g/mol. The maximum Gasteiger partial charge on any atom is 0.160 e. The SMILES string of the molecule is C[C@@H]1OC(C)(C)O[C@H]1[C-]=O.[Y]. The quantitative estimate of drug-likeness (QED) is 0.622. The van der Waals surface area contributed by atoms with E-state index in [4.69, 9.17) is 9.47 Å². The molecule has 2 atom stereocenters. The third-order valence-corrected chi connectivity index (χ3v) is 1.42. The van der Waals surface area contributed by atoms with Gasteiger partial charge < -0.3 is 14.3 Å². The summed E-state index contributed by atoms with van der Waals surface area (Å²) in [5, 5.41) is 0. The fourth-order valence-corrected chi connectivity index (χ4v) is 1.06. The summed E-state index contributed by atoms with van der Waals surface area (Å²) >= 11 is 0. The second-order valence-corrected chi connectivity index (χ2v) is 2.88. The van der Waals surface area contributed by atoms with Crippen LogP contribution in [0.3, 0.4) is 0 Å². The first kappa shape index (κ1) is 11.7. The summed E-state index contributed by atoms with van der Waals surface area (Å²) in [5.41, 5.74) is 0. The molecule has 0 aromatic rings.